The number of ketones is 1. The van der Waals surface area contributed by atoms with E-state index in [4.69, 9.17) is 0 Å². The van der Waals surface area contributed by atoms with Crippen molar-refractivity contribution in [3.8, 4) is 0 Å². The van der Waals surface area contributed by atoms with Crippen LogP contribution in [-0.4, -0.2) is 18.9 Å². The van der Waals surface area contributed by atoms with Crippen LogP contribution in [0.2, 0.25) is 0 Å². The Morgan fingerprint density at radius 2 is 2.18 bits per heavy atom. The fourth-order valence-electron chi connectivity index (χ4n) is 2.25. The van der Waals surface area contributed by atoms with E-state index >= 15 is 0 Å². The number of rotatable bonds is 1. The topological polar surface area (TPSA) is 43.4 Å². The molecule has 0 radical (unpaired) electrons. The summed E-state index contributed by atoms with van der Waals surface area (Å²) in [7, 11) is 1.36. The van der Waals surface area contributed by atoms with Crippen molar-refractivity contribution in [1.29, 1.82) is 0 Å². The lowest BCUT2D eigenvalue weighted by molar-refractivity contribution is 0.0600. The molecule has 1 atom stereocenters. The number of hydrogen-bond donors (Lipinski definition) is 0. The van der Waals surface area contributed by atoms with Gasteiger partial charge in [-0.15, -0.1) is 0 Å². The summed E-state index contributed by atoms with van der Waals surface area (Å²) in [6, 6.07) is 5.21. The molecule has 0 amide bonds. The summed E-state index contributed by atoms with van der Waals surface area (Å²) in [4.78, 5) is 23.4. The van der Waals surface area contributed by atoms with Crippen LogP contribution in [0.4, 0.5) is 0 Å². The predicted octanol–water partition coefficient (Wildman–Crippen LogP) is 2.63. The Labute approximate surface area is 101 Å². The van der Waals surface area contributed by atoms with Crippen LogP contribution in [0.3, 0.4) is 0 Å². The van der Waals surface area contributed by atoms with Crippen molar-refractivity contribution >= 4 is 11.8 Å². The number of Topliss-reactive ketones (excluding diaryl/α,β-unsaturated/α-hetero) is 1. The summed E-state index contributed by atoms with van der Waals surface area (Å²) in [6.07, 6.45) is 2.45. The first-order chi connectivity index (χ1) is 8.11. The number of aryl methyl sites for hydroxylation is 1. The molecule has 17 heavy (non-hydrogen) atoms. The second-order valence-electron chi connectivity index (χ2n) is 4.63. The molecule has 0 spiro atoms. The van der Waals surface area contributed by atoms with Gasteiger partial charge in [0.05, 0.1) is 12.7 Å². The molecule has 0 aliphatic heterocycles. The van der Waals surface area contributed by atoms with Gasteiger partial charge in [0.1, 0.15) is 0 Å². The van der Waals surface area contributed by atoms with Crippen LogP contribution in [0.5, 0.6) is 0 Å². The lowest BCUT2D eigenvalue weighted by atomic mass is 9.99. The fourth-order valence-corrected chi connectivity index (χ4v) is 2.25. The van der Waals surface area contributed by atoms with E-state index in [1.54, 1.807) is 18.2 Å². The number of carbonyl (C=O) groups excluding carboxylic acids is 2. The summed E-state index contributed by atoms with van der Waals surface area (Å²) in [5.41, 5.74) is 2.26. The van der Waals surface area contributed by atoms with Crippen LogP contribution in [0.15, 0.2) is 18.2 Å². The second-order valence-corrected chi connectivity index (χ2v) is 4.63. The number of fused-ring (bicyclic) bond motifs is 1. The van der Waals surface area contributed by atoms with Crippen LogP contribution in [0.25, 0.3) is 0 Å². The van der Waals surface area contributed by atoms with Crippen molar-refractivity contribution in [1.82, 2.24) is 0 Å². The van der Waals surface area contributed by atoms with Gasteiger partial charge >= 0.3 is 5.97 Å². The predicted molar refractivity (Wildman–Crippen MR) is 64.2 cm³/mol. The molecule has 0 saturated carbocycles. The van der Waals surface area contributed by atoms with E-state index in [-0.39, 0.29) is 11.8 Å². The summed E-state index contributed by atoms with van der Waals surface area (Å²) >= 11 is 0. The molecule has 1 aliphatic rings. The Morgan fingerprint density at radius 3 is 2.88 bits per heavy atom. The SMILES string of the molecule is COC(=O)c1ccc2c(c1)CCC(C)CC2=O. The van der Waals surface area contributed by atoms with E-state index < -0.39 is 0 Å². The van der Waals surface area contributed by atoms with Crippen molar-refractivity contribution in [3.63, 3.8) is 0 Å². The first-order valence-corrected chi connectivity index (χ1v) is 5.86. The largest absolute Gasteiger partial charge is 0.465 e. The zero-order valence-electron chi connectivity index (χ0n) is 10.2. The maximum absolute atomic E-state index is 12.0. The number of hydrogen-bond acceptors (Lipinski definition) is 3. The average Bonchev–Trinajstić information content (AvgIpc) is 2.47. The Hall–Kier alpha value is -1.64. The average molecular weight is 232 g/mol. The number of benzene rings is 1. The minimum Gasteiger partial charge on any atom is -0.465 e. The lowest BCUT2D eigenvalue weighted by Gasteiger charge is -2.06. The lowest BCUT2D eigenvalue weighted by Crippen LogP contribution is -2.06. The molecule has 1 aromatic carbocycles. The molecule has 0 saturated heterocycles. The molecule has 0 heterocycles. The van der Waals surface area contributed by atoms with Gasteiger partial charge in [-0.25, -0.2) is 4.79 Å². The third-order valence-electron chi connectivity index (χ3n) is 3.27. The van der Waals surface area contributed by atoms with Crippen molar-refractivity contribution < 1.29 is 14.3 Å². The molecule has 0 N–H and O–H groups in total. The monoisotopic (exact) mass is 232 g/mol. The molecule has 3 heteroatoms. The quantitative estimate of drug-likeness (QED) is 0.552. The van der Waals surface area contributed by atoms with E-state index in [2.05, 4.69) is 11.7 Å². The highest BCUT2D eigenvalue weighted by Crippen LogP contribution is 2.25. The third-order valence-corrected chi connectivity index (χ3v) is 3.27. The third kappa shape index (κ3) is 2.38. The van der Waals surface area contributed by atoms with Crippen LogP contribution >= 0.6 is 0 Å². The molecular formula is C14H16O3. The Balaban J connectivity index is 2.39. The minimum absolute atomic E-state index is 0.182. The van der Waals surface area contributed by atoms with E-state index in [1.165, 1.54) is 7.11 Å². The van der Waals surface area contributed by atoms with Crippen LogP contribution in [0.1, 0.15) is 46.0 Å². The Morgan fingerprint density at radius 1 is 1.41 bits per heavy atom. The highest BCUT2D eigenvalue weighted by Gasteiger charge is 2.20. The van der Waals surface area contributed by atoms with Crippen LogP contribution < -0.4 is 0 Å². The van der Waals surface area contributed by atoms with Gasteiger partial charge in [0.2, 0.25) is 0 Å². The molecule has 0 bridgehead atoms. The van der Waals surface area contributed by atoms with Gasteiger partial charge in [-0.05, 0) is 36.5 Å². The highest BCUT2D eigenvalue weighted by molar-refractivity contribution is 5.99. The molecule has 1 aromatic rings. The number of methoxy groups -OCH3 is 1. The van der Waals surface area contributed by atoms with E-state index in [9.17, 15) is 9.59 Å². The molecule has 1 aliphatic carbocycles. The fraction of sp³-hybridized carbons (Fsp3) is 0.429. The molecule has 3 nitrogen and oxygen atoms in total. The minimum atomic E-state index is -0.349. The second kappa shape index (κ2) is 4.70. The normalized spacial score (nSPS) is 19.4. The zero-order valence-corrected chi connectivity index (χ0v) is 10.2. The molecule has 2 rings (SSSR count). The highest BCUT2D eigenvalue weighted by atomic mass is 16.5. The smallest absolute Gasteiger partial charge is 0.337 e. The van der Waals surface area contributed by atoms with Gasteiger partial charge in [0.15, 0.2) is 5.78 Å². The number of esters is 1. The summed E-state index contributed by atoms with van der Waals surface area (Å²) in [5, 5.41) is 0. The van der Waals surface area contributed by atoms with Gasteiger partial charge in [0, 0.05) is 12.0 Å². The summed E-state index contributed by atoms with van der Waals surface area (Å²) in [5.74, 6) is 0.246. The van der Waals surface area contributed by atoms with E-state index in [0.29, 0.717) is 17.9 Å². The first kappa shape index (κ1) is 11.8. The van der Waals surface area contributed by atoms with E-state index in [0.717, 1.165) is 24.0 Å². The standard InChI is InChI=1S/C14H16O3/c1-9-3-4-10-8-11(14(16)17-2)5-6-12(10)13(15)7-9/h5-6,8-9H,3-4,7H2,1-2H3. The molecule has 90 valence electrons. The van der Waals surface area contributed by atoms with Crippen molar-refractivity contribution in [2.24, 2.45) is 5.92 Å². The molecule has 0 aromatic heterocycles. The Kier molecular flexibility index (Phi) is 3.27. The van der Waals surface area contributed by atoms with Gasteiger partial charge in [-0.1, -0.05) is 13.0 Å². The maximum atomic E-state index is 12.0. The van der Waals surface area contributed by atoms with Crippen molar-refractivity contribution in [2.75, 3.05) is 7.11 Å². The van der Waals surface area contributed by atoms with Gasteiger partial charge in [0.25, 0.3) is 0 Å². The first-order valence-electron chi connectivity index (χ1n) is 5.86. The molecular weight excluding hydrogens is 216 g/mol. The number of ether oxygens (including phenoxy) is 1. The summed E-state index contributed by atoms with van der Waals surface area (Å²) < 4.78 is 4.68. The maximum Gasteiger partial charge on any atom is 0.337 e. The van der Waals surface area contributed by atoms with Crippen LogP contribution in [-0.2, 0) is 11.2 Å². The van der Waals surface area contributed by atoms with Crippen LogP contribution in [0, 0.1) is 5.92 Å². The van der Waals surface area contributed by atoms with E-state index in [1.807, 2.05) is 0 Å². The van der Waals surface area contributed by atoms with Gasteiger partial charge in [-0.3, -0.25) is 4.79 Å². The van der Waals surface area contributed by atoms with Crippen molar-refractivity contribution in [3.05, 3.63) is 34.9 Å². The number of carbonyl (C=O) groups is 2. The molecule has 1 unspecified atom stereocenters. The van der Waals surface area contributed by atoms with Gasteiger partial charge in [-0.2, -0.15) is 0 Å². The van der Waals surface area contributed by atoms with Crippen molar-refractivity contribution in [2.45, 2.75) is 26.2 Å². The summed E-state index contributed by atoms with van der Waals surface area (Å²) in [6.45, 7) is 2.09. The van der Waals surface area contributed by atoms with Gasteiger partial charge < -0.3 is 4.74 Å². The zero-order chi connectivity index (χ0) is 12.4. The molecule has 0 fully saturated rings. The Bertz CT molecular complexity index is 463.